The van der Waals surface area contributed by atoms with Crippen molar-refractivity contribution in [3.8, 4) is 11.8 Å². The van der Waals surface area contributed by atoms with Crippen molar-refractivity contribution in [3.05, 3.63) is 59.1 Å². The van der Waals surface area contributed by atoms with Crippen LogP contribution in [0.2, 0.25) is 0 Å². The lowest BCUT2D eigenvalue weighted by Crippen LogP contribution is -2.33. The fourth-order valence-corrected chi connectivity index (χ4v) is 3.44. The van der Waals surface area contributed by atoms with Gasteiger partial charge in [0, 0.05) is 7.05 Å². The van der Waals surface area contributed by atoms with E-state index in [4.69, 9.17) is 10.00 Å². The lowest BCUT2D eigenvalue weighted by molar-refractivity contribution is -0.134. The molecule has 3 aromatic rings. The molecule has 0 fully saturated rings. The Bertz CT molecular complexity index is 912. The Balaban J connectivity index is 1.68. The number of rotatable bonds is 5. The third kappa shape index (κ3) is 3.62. The SMILES string of the molecule is C[C@H](c1nc2ccccc2s1)N(C)C(=O)COc1ccccc1C#N. The van der Waals surface area contributed by atoms with Gasteiger partial charge >= 0.3 is 0 Å². The summed E-state index contributed by atoms with van der Waals surface area (Å²) < 4.78 is 6.63. The first-order chi connectivity index (χ1) is 12.1. The van der Waals surface area contributed by atoms with Gasteiger partial charge in [-0.25, -0.2) is 4.98 Å². The summed E-state index contributed by atoms with van der Waals surface area (Å²) in [5.41, 5.74) is 1.35. The Morgan fingerprint density at radius 2 is 2.00 bits per heavy atom. The first-order valence-corrected chi connectivity index (χ1v) is 8.65. The number of nitriles is 1. The van der Waals surface area contributed by atoms with Crippen LogP contribution in [-0.2, 0) is 4.79 Å². The largest absolute Gasteiger partial charge is 0.482 e. The van der Waals surface area contributed by atoms with Crippen molar-refractivity contribution in [1.82, 2.24) is 9.88 Å². The second-order valence-electron chi connectivity index (χ2n) is 5.60. The van der Waals surface area contributed by atoms with Crippen LogP contribution in [0.3, 0.4) is 0 Å². The Kier molecular flexibility index (Phi) is 4.96. The van der Waals surface area contributed by atoms with Crippen molar-refractivity contribution in [2.75, 3.05) is 13.7 Å². The molecule has 1 atom stereocenters. The van der Waals surface area contributed by atoms with Gasteiger partial charge in [-0.3, -0.25) is 4.79 Å². The maximum atomic E-state index is 12.4. The highest BCUT2D eigenvalue weighted by Gasteiger charge is 2.21. The zero-order valence-electron chi connectivity index (χ0n) is 14.0. The maximum absolute atomic E-state index is 12.4. The lowest BCUT2D eigenvalue weighted by atomic mass is 10.2. The second kappa shape index (κ2) is 7.32. The summed E-state index contributed by atoms with van der Waals surface area (Å²) in [6, 6.07) is 16.7. The second-order valence-corrected chi connectivity index (χ2v) is 6.66. The number of carbonyl (C=O) groups is 1. The van der Waals surface area contributed by atoms with Gasteiger partial charge in [0.15, 0.2) is 6.61 Å². The fourth-order valence-electron chi connectivity index (χ4n) is 2.38. The van der Waals surface area contributed by atoms with Crippen LogP contribution in [0, 0.1) is 11.3 Å². The molecule has 0 saturated carbocycles. The molecule has 3 rings (SSSR count). The zero-order chi connectivity index (χ0) is 17.8. The number of aromatic nitrogens is 1. The highest BCUT2D eigenvalue weighted by Crippen LogP contribution is 2.29. The van der Waals surface area contributed by atoms with Gasteiger partial charge in [0.25, 0.3) is 5.91 Å². The minimum Gasteiger partial charge on any atom is -0.482 e. The molecular formula is C19H17N3O2S. The minimum absolute atomic E-state index is 0.121. The Hall–Kier alpha value is -2.91. The Labute approximate surface area is 150 Å². The molecular weight excluding hydrogens is 334 g/mol. The van der Waals surface area contributed by atoms with E-state index in [1.807, 2.05) is 31.2 Å². The number of benzene rings is 2. The molecule has 0 bridgehead atoms. The Morgan fingerprint density at radius 1 is 1.28 bits per heavy atom. The lowest BCUT2D eigenvalue weighted by Gasteiger charge is -2.23. The van der Waals surface area contributed by atoms with Gasteiger partial charge < -0.3 is 9.64 Å². The summed E-state index contributed by atoms with van der Waals surface area (Å²) in [6.07, 6.45) is 0. The third-order valence-corrected chi connectivity index (χ3v) is 5.21. The van der Waals surface area contributed by atoms with Crippen LogP contribution in [0.25, 0.3) is 10.2 Å². The first-order valence-electron chi connectivity index (χ1n) is 7.83. The molecule has 0 unspecified atom stereocenters. The van der Waals surface area contributed by atoms with E-state index in [0.717, 1.165) is 15.2 Å². The van der Waals surface area contributed by atoms with Gasteiger partial charge in [0.1, 0.15) is 16.8 Å². The molecule has 1 heterocycles. The zero-order valence-corrected chi connectivity index (χ0v) is 14.8. The molecule has 1 amide bonds. The summed E-state index contributed by atoms with van der Waals surface area (Å²) in [5.74, 6) is 0.249. The van der Waals surface area contributed by atoms with Crippen LogP contribution in [0.4, 0.5) is 0 Å². The highest BCUT2D eigenvalue weighted by molar-refractivity contribution is 7.18. The number of carbonyl (C=O) groups excluding carboxylic acids is 1. The predicted molar refractivity (Wildman–Crippen MR) is 97.5 cm³/mol. The molecule has 2 aromatic carbocycles. The first kappa shape index (κ1) is 16.9. The summed E-state index contributed by atoms with van der Waals surface area (Å²) in [7, 11) is 1.73. The number of para-hydroxylation sites is 2. The summed E-state index contributed by atoms with van der Waals surface area (Å²) >= 11 is 1.58. The normalized spacial score (nSPS) is 11.7. The van der Waals surface area contributed by atoms with E-state index in [0.29, 0.717) is 11.3 Å². The molecule has 1 aromatic heterocycles. The quantitative estimate of drug-likeness (QED) is 0.702. The van der Waals surface area contributed by atoms with Gasteiger partial charge in [-0.05, 0) is 31.2 Å². The van der Waals surface area contributed by atoms with Crippen LogP contribution in [0.15, 0.2) is 48.5 Å². The molecule has 0 aliphatic heterocycles. The van der Waals surface area contributed by atoms with Crippen LogP contribution in [-0.4, -0.2) is 29.4 Å². The van der Waals surface area contributed by atoms with Crippen LogP contribution >= 0.6 is 11.3 Å². The summed E-state index contributed by atoms with van der Waals surface area (Å²) in [4.78, 5) is 18.7. The molecule has 5 nitrogen and oxygen atoms in total. The molecule has 0 saturated heterocycles. The number of likely N-dealkylation sites (N-methyl/N-ethyl adjacent to an activating group) is 1. The monoisotopic (exact) mass is 351 g/mol. The van der Waals surface area contributed by atoms with E-state index < -0.39 is 0 Å². The molecule has 6 heteroatoms. The van der Waals surface area contributed by atoms with Gasteiger partial charge in [-0.1, -0.05) is 24.3 Å². The van der Waals surface area contributed by atoms with Crippen LogP contribution < -0.4 is 4.74 Å². The van der Waals surface area contributed by atoms with Crippen molar-refractivity contribution in [2.45, 2.75) is 13.0 Å². The van der Waals surface area contributed by atoms with Gasteiger partial charge in [0.05, 0.1) is 21.8 Å². The van der Waals surface area contributed by atoms with E-state index >= 15 is 0 Å². The van der Waals surface area contributed by atoms with Gasteiger partial charge in [-0.2, -0.15) is 5.26 Å². The topological polar surface area (TPSA) is 66.2 Å². The van der Waals surface area contributed by atoms with E-state index in [9.17, 15) is 4.79 Å². The minimum atomic E-state index is -0.167. The number of thiazole rings is 1. The number of nitrogens with zero attached hydrogens (tertiary/aromatic N) is 3. The van der Waals surface area contributed by atoms with Crippen molar-refractivity contribution in [3.63, 3.8) is 0 Å². The molecule has 25 heavy (non-hydrogen) atoms. The molecule has 0 aliphatic rings. The third-order valence-electron chi connectivity index (χ3n) is 4.00. The fraction of sp³-hybridized carbons (Fsp3) is 0.211. The van der Waals surface area contributed by atoms with Gasteiger partial charge in [0.2, 0.25) is 0 Å². The molecule has 0 radical (unpaired) electrons. The van der Waals surface area contributed by atoms with Crippen molar-refractivity contribution in [2.24, 2.45) is 0 Å². The summed E-state index contributed by atoms with van der Waals surface area (Å²) in [5, 5.41) is 9.95. The molecule has 0 aliphatic carbocycles. The maximum Gasteiger partial charge on any atom is 0.260 e. The Morgan fingerprint density at radius 3 is 2.76 bits per heavy atom. The standard InChI is InChI=1S/C19H17N3O2S/c1-13(19-21-15-8-4-6-10-17(15)25-19)22(2)18(23)12-24-16-9-5-3-7-14(16)11-20/h3-10,13H,12H2,1-2H3/t13-/m1/s1. The summed E-state index contributed by atoms with van der Waals surface area (Å²) in [6.45, 7) is 1.82. The molecule has 0 spiro atoms. The number of amides is 1. The van der Waals surface area contributed by atoms with E-state index in [1.54, 1.807) is 47.5 Å². The number of hydrogen-bond donors (Lipinski definition) is 0. The predicted octanol–water partition coefficient (Wildman–Crippen LogP) is 3.77. The van der Waals surface area contributed by atoms with Gasteiger partial charge in [-0.15, -0.1) is 11.3 Å². The van der Waals surface area contributed by atoms with E-state index in [1.165, 1.54) is 0 Å². The van der Waals surface area contributed by atoms with E-state index in [2.05, 4.69) is 11.1 Å². The molecule has 126 valence electrons. The molecule has 0 N–H and O–H groups in total. The van der Waals surface area contributed by atoms with Crippen LogP contribution in [0.5, 0.6) is 5.75 Å². The van der Waals surface area contributed by atoms with E-state index in [-0.39, 0.29) is 18.6 Å². The van der Waals surface area contributed by atoms with Crippen LogP contribution in [0.1, 0.15) is 23.5 Å². The number of fused-ring (bicyclic) bond motifs is 1. The van der Waals surface area contributed by atoms with Crippen molar-refractivity contribution in [1.29, 1.82) is 5.26 Å². The smallest absolute Gasteiger partial charge is 0.260 e. The average Bonchev–Trinajstić information content (AvgIpc) is 3.09. The number of ether oxygens (including phenoxy) is 1. The number of hydrogen-bond acceptors (Lipinski definition) is 5. The van der Waals surface area contributed by atoms with Crippen molar-refractivity contribution < 1.29 is 9.53 Å². The highest BCUT2D eigenvalue weighted by atomic mass is 32.1. The average molecular weight is 351 g/mol. The van der Waals surface area contributed by atoms with Crippen molar-refractivity contribution >= 4 is 27.5 Å².